The third-order valence-corrected chi connectivity index (χ3v) is 3.62. The van der Waals surface area contributed by atoms with Crippen molar-refractivity contribution in [3.05, 3.63) is 54.1 Å². The molecule has 23 heavy (non-hydrogen) atoms. The Hall–Kier alpha value is -2.20. The fourth-order valence-electron chi connectivity index (χ4n) is 1.86. The summed E-state index contributed by atoms with van der Waals surface area (Å²) >= 11 is 0. The van der Waals surface area contributed by atoms with E-state index in [4.69, 9.17) is 9.47 Å². The topological polar surface area (TPSA) is 43.2 Å². The number of hydrogen-bond acceptors (Lipinski definition) is 4. The van der Waals surface area contributed by atoms with Crippen molar-refractivity contribution in [2.45, 2.75) is 39.7 Å². The van der Waals surface area contributed by atoms with Gasteiger partial charge in [-0.25, -0.2) is 0 Å². The molecule has 0 saturated heterocycles. The highest BCUT2D eigenvalue weighted by atomic mass is 16.7. The molecule has 2 rings (SSSR count). The van der Waals surface area contributed by atoms with Crippen molar-refractivity contribution in [2.75, 3.05) is 6.79 Å². The Labute approximate surface area is 138 Å². The second-order valence-electron chi connectivity index (χ2n) is 5.36. The van der Waals surface area contributed by atoms with E-state index in [0.29, 0.717) is 0 Å². The van der Waals surface area contributed by atoms with Gasteiger partial charge in [0.2, 0.25) is 0 Å². The maximum atomic E-state index is 5.53. The van der Waals surface area contributed by atoms with Crippen molar-refractivity contribution in [1.29, 1.82) is 0 Å². The molecule has 2 aromatic rings. The van der Waals surface area contributed by atoms with Crippen LogP contribution >= 0.6 is 0 Å². The standard InChI is InChI=1S/C19H24N2O2/c1-4-15(3)22-14-23-19-12-10-18(11-13-19)21-20-17-8-6-16(5-2)7-9-17/h6-13,15H,4-5,14H2,1-3H3. The molecule has 0 fully saturated rings. The number of benzene rings is 2. The van der Waals surface area contributed by atoms with Crippen molar-refractivity contribution < 1.29 is 9.47 Å². The van der Waals surface area contributed by atoms with E-state index in [-0.39, 0.29) is 12.9 Å². The molecule has 0 amide bonds. The summed E-state index contributed by atoms with van der Waals surface area (Å²) in [6.45, 7) is 6.51. The molecule has 1 unspecified atom stereocenters. The molecule has 0 aromatic heterocycles. The highest BCUT2D eigenvalue weighted by Crippen LogP contribution is 2.21. The molecular weight excluding hydrogens is 288 g/mol. The van der Waals surface area contributed by atoms with Crippen LogP contribution in [0.5, 0.6) is 5.75 Å². The zero-order valence-electron chi connectivity index (χ0n) is 14.0. The number of aryl methyl sites for hydroxylation is 1. The van der Waals surface area contributed by atoms with Gasteiger partial charge in [-0.1, -0.05) is 26.0 Å². The van der Waals surface area contributed by atoms with Crippen LogP contribution in [0.25, 0.3) is 0 Å². The Balaban J connectivity index is 1.87. The summed E-state index contributed by atoms with van der Waals surface area (Å²) in [6.07, 6.45) is 2.21. The molecule has 0 bridgehead atoms. The van der Waals surface area contributed by atoms with Crippen molar-refractivity contribution in [1.82, 2.24) is 0 Å². The van der Waals surface area contributed by atoms with Crippen molar-refractivity contribution >= 4 is 11.4 Å². The summed E-state index contributed by atoms with van der Waals surface area (Å²) in [7, 11) is 0. The molecule has 0 radical (unpaired) electrons. The average molecular weight is 312 g/mol. The maximum Gasteiger partial charge on any atom is 0.189 e. The first-order chi connectivity index (χ1) is 11.2. The van der Waals surface area contributed by atoms with Crippen LogP contribution in [0.2, 0.25) is 0 Å². The lowest BCUT2D eigenvalue weighted by Crippen LogP contribution is -2.11. The third kappa shape index (κ3) is 5.83. The number of nitrogens with zero attached hydrogens (tertiary/aromatic N) is 2. The van der Waals surface area contributed by atoms with Gasteiger partial charge >= 0.3 is 0 Å². The van der Waals surface area contributed by atoms with E-state index in [9.17, 15) is 0 Å². The van der Waals surface area contributed by atoms with Crippen LogP contribution < -0.4 is 4.74 Å². The van der Waals surface area contributed by atoms with Gasteiger partial charge in [0.1, 0.15) is 5.75 Å². The molecule has 0 aliphatic carbocycles. The zero-order chi connectivity index (χ0) is 16.5. The second-order valence-corrected chi connectivity index (χ2v) is 5.36. The van der Waals surface area contributed by atoms with Gasteiger partial charge in [0.15, 0.2) is 6.79 Å². The Kier molecular flexibility index (Phi) is 6.76. The Bertz CT molecular complexity index is 606. The molecule has 2 aromatic carbocycles. The molecule has 122 valence electrons. The molecule has 0 spiro atoms. The summed E-state index contributed by atoms with van der Waals surface area (Å²) in [5.41, 5.74) is 2.94. The van der Waals surface area contributed by atoms with E-state index >= 15 is 0 Å². The van der Waals surface area contributed by atoms with Gasteiger partial charge < -0.3 is 9.47 Å². The average Bonchev–Trinajstić information content (AvgIpc) is 2.61. The lowest BCUT2D eigenvalue weighted by atomic mass is 10.2. The van der Waals surface area contributed by atoms with E-state index < -0.39 is 0 Å². The van der Waals surface area contributed by atoms with Crippen LogP contribution in [-0.4, -0.2) is 12.9 Å². The van der Waals surface area contributed by atoms with Crippen LogP contribution in [-0.2, 0) is 11.2 Å². The molecule has 4 nitrogen and oxygen atoms in total. The first kappa shape index (κ1) is 17.2. The van der Waals surface area contributed by atoms with E-state index in [2.05, 4.69) is 36.2 Å². The summed E-state index contributed by atoms with van der Waals surface area (Å²) < 4.78 is 11.0. The number of hydrogen-bond donors (Lipinski definition) is 0. The van der Waals surface area contributed by atoms with Crippen LogP contribution in [0, 0.1) is 0 Å². The third-order valence-electron chi connectivity index (χ3n) is 3.62. The van der Waals surface area contributed by atoms with E-state index in [1.807, 2.05) is 43.3 Å². The minimum absolute atomic E-state index is 0.210. The van der Waals surface area contributed by atoms with Crippen LogP contribution in [0.1, 0.15) is 32.8 Å². The molecular formula is C19H24N2O2. The fraction of sp³-hybridized carbons (Fsp3) is 0.368. The molecule has 0 heterocycles. The van der Waals surface area contributed by atoms with E-state index in [1.54, 1.807) is 0 Å². The van der Waals surface area contributed by atoms with Gasteiger partial charge in [0.25, 0.3) is 0 Å². The number of rotatable bonds is 8. The quantitative estimate of drug-likeness (QED) is 0.455. The summed E-state index contributed by atoms with van der Waals surface area (Å²) in [5, 5.41) is 8.47. The van der Waals surface area contributed by atoms with Gasteiger partial charge in [-0.2, -0.15) is 10.2 Å². The summed E-state index contributed by atoms with van der Waals surface area (Å²) in [6, 6.07) is 15.6. The maximum absolute atomic E-state index is 5.53. The minimum atomic E-state index is 0.210. The molecule has 0 saturated carbocycles. The zero-order valence-corrected chi connectivity index (χ0v) is 14.0. The van der Waals surface area contributed by atoms with Gasteiger partial charge in [0.05, 0.1) is 17.5 Å². The highest BCUT2D eigenvalue weighted by Gasteiger charge is 1.99. The van der Waals surface area contributed by atoms with Crippen molar-refractivity contribution in [3.63, 3.8) is 0 Å². The first-order valence-electron chi connectivity index (χ1n) is 8.06. The monoisotopic (exact) mass is 312 g/mol. The fourth-order valence-corrected chi connectivity index (χ4v) is 1.86. The molecule has 0 aliphatic rings. The van der Waals surface area contributed by atoms with Gasteiger partial charge in [-0.05, 0) is 61.7 Å². The SMILES string of the molecule is CCc1ccc(N=Nc2ccc(OCOC(C)CC)cc2)cc1. The number of ether oxygens (including phenoxy) is 2. The lowest BCUT2D eigenvalue weighted by Gasteiger charge is -2.11. The number of azo groups is 1. The molecule has 1 atom stereocenters. The van der Waals surface area contributed by atoms with Crippen LogP contribution in [0.4, 0.5) is 11.4 Å². The first-order valence-corrected chi connectivity index (χ1v) is 8.06. The van der Waals surface area contributed by atoms with Crippen molar-refractivity contribution in [2.24, 2.45) is 10.2 Å². The van der Waals surface area contributed by atoms with Gasteiger partial charge in [-0.3, -0.25) is 0 Å². The second kappa shape index (κ2) is 9.06. The Morgan fingerprint density at radius 1 is 0.870 bits per heavy atom. The Morgan fingerprint density at radius 3 is 1.96 bits per heavy atom. The lowest BCUT2D eigenvalue weighted by molar-refractivity contribution is -0.0290. The van der Waals surface area contributed by atoms with Crippen LogP contribution in [0.3, 0.4) is 0 Å². The molecule has 0 aliphatic heterocycles. The van der Waals surface area contributed by atoms with E-state index in [1.165, 1.54) is 5.56 Å². The highest BCUT2D eigenvalue weighted by molar-refractivity contribution is 5.43. The minimum Gasteiger partial charge on any atom is -0.468 e. The summed E-state index contributed by atoms with van der Waals surface area (Å²) in [5.74, 6) is 0.763. The van der Waals surface area contributed by atoms with Gasteiger partial charge in [-0.15, -0.1) is 0 Å². The smallest absolute Gasteiger partial charge is 0.189 e. The van der Waals surface area contributed by atoms with Gasteiger partial charge in [0, 0.05) is 0 Å². The normalized spacial score (nSPS) is 12.5. The predicted octanol–water partition coefficient (Wildman–Crippen LogP) is 5.82. The summed E-state index contributed by atoms with van der Waals surface area (Å²) in [4.78, 5) is 0. The Morgan fingerprint density at radius 2 is 1.43 bits per heavy atom. The largest absolute Gasteiger partial charge is 0.468 e. The van der Waals surface area contributed by atoms with E-state index in [0.717, 1.165) is 30.0 Å². The molecule has 4 heteroatoms. The predicted molar refractivity (Wildman–Crippen MR) is 92.8 cm³/mol. The van der Waals surface area contributed by atoms with Crippen LogP contribution in [0.15, 0.2) is 58.8 Å². The van der Waals surface area contributed by atoms with Crippen molar-refractivity contribution in [3.8, 4) is 5.75 Å². The molecule has 0 N–H and O–H groups in total.